The number of carbonyl (C=O) groups excluding carboxylic acids is 1. The van der Waals surface area contributed by atoms with E-state index >= 15 is 0 Å². The molecule has 0 saturated carbocycles. The van der Waals surface area contributed by atoms with E-state index in [1.165, 1.54) is 16.8 Å². The van der Waals surface area contributed by atoms with Gasteiger partial charge in [-0.15, -0.1) is 10.2 Å². The molecule has 0 aliphatic carbocycles. The van der Waals surface area contributed by atoms with Gasteiger partial charge in [0.25, 0.3) is 0 Å². The maximum atomic E-state index is 11.9. The Morgan fingerprint density at radius 1 is 1.17 bits per heavy atom. The maximum absolute atomic E-state index is 11.9. The molecule has 0 saturated heterocycles. The van der Waals surface area contributed by atoms with Gasteiger partial charge in [0.05, 0.1) is 22.5 Å². The van der Waals surface area contributed by atoms with Crippen LogP contribution >= 0.6 is 0 Å². The Balaban J connectivity index is 1.64. The Bertz CT molecular complexity index is 1130. The van der Waals surface area contributed by atoms with Crippen LogP contribution in [0.3, 0.4) is 0 Å². The largest absolute Gasteiger partial charge is 0.459 e. The molecule has 160 valence electrons. The van der Waals surface area contributed by atoms with Crippen molar-refractivity contribution in [1.29, 1.82) is 0 Å². The second-order valence-electron chi connectivity index (χ2n) is 7.66. The van der Waals surface area contributed by atoms with Crippen molar-refractivity contribution in [2.75, 3.05) is 0 Å². The van der Waals surface area contributed by atoms with Crippen LogP contribution in [0, 0.1) is 0 Å². The summed E-state index contributed by atoms with van der Waals surface area (Å²) >= 11 is 0. The van der Waals surface area contributed by atoms with Crippen LogP contribution in [0.4, 0.5) is 0 Å². The molecule has 0 radical (unpaired) electrons. The fourth-order valence-electron chi connectivity index (χ4n) is 2.72. The molecule has 0 aliphatic rings. The first-order valence-electron chi connectivity index (χ1n) is 9.14. The Morgan fingerprint density at radius 2 is 1.87 bits per heavy atom. The fraction of sp³-hybridized carbons (Fsp3) is 0.389. The molecule has 3 rings (SSSR count). The molecule has 2 heterocycles. The lowest BCUT2D eigenvalue weighted by Crippen LogP contribution is -2.26. The SMILES string of the molecule is CC(C)(C)OC(=O)Cn1cc(CCn2nncc2-c2ccc(S(N)(=O)=O)cc2)nn1. The van der Waals surface area contributed by atoms with Crippen molar-refractivity contribution < 1.29 is 17.9 Å². The molecule has 30 heavy (non-hydrogen) atoms. The van der Waals surface area contributed by atoms with E-state index < -0.39 is 15.6 Å². The number of hydrogen-bond acceptors (Lipinski definition) is 8. The predicted molar refractivity (Wildman–Crippen MR) is 106 cm³/mol. The maximum Gasteiger partial charge on any atom is 0.328 e. The first-order chi connectivity index (χ1) is 14.0. The second kappa shape index (κ2) is 8.32. The van der Waals surface area contributed by atoms with Crippen LogP contribution in [0.1, 0.15) is 26.5 Å². The first kappa shape index (κ1) is 21.6. The van der Waals surface area contributed by atoms with Crippen molar-refractivity contribution in [2.45, 2.75) is 50.8 Å². The molecular weight excluding hydrogens is 410 g/mol. The standard InChI is InChI=1S/C18H23N7O4S/c1-18(2,3)29-17(26)12-24-11-14(21-23-24)8-9-25-16(10-20-22-25)13-4-6-15(7-5-13)30(19,27)28/h4-7,10-11H,8-9,12H2,1-3H3,(H2,19,27,28). The number of primary sulfonamides is 1. The molecule has 0 spiro atoms. The zero-order chi connectivity index (χ0) is 21.9. The second-order valence-corrected chi connectivity index (χ2v) is 9.22. The number of rotatable bonds is 7. The topological polar surface area (TPSA) is 148 Å². The van der Waals surface area contributed by atoms with Gasteiger partial charge >= 0.3 is 5.97 Å². The third-order valence-electron chi connectivity index (χ3n) is 3.97. The lowest BCUT2D eigenvalue weighted by atomic mass is 10.1. The van der Waals surface area contributed by atoms with Gasteiger partial charge in [-0.05, 0) is 32.9 Å². The van der Waals surface area contributed by atoms with Gasteiger partial charge < -0.3 is 4.74 Å². The smallest absolute Gasteiger partial charge is 0.328 e. The van der Waals surface area contributed by atoms with Crippen molar-refractivity contribution >= 4 is 16.0 Å². The van der Waals surface area contributed by atoms with E-state index in [2.05, 4.69) is 20.6 Å². The molecule has 2 N–H and O–H groups in total. The monoisotopic (exact) mass is 433 g/mol. The molecule has 0 bridgehead atoms. The van der Waals surface area contributed by atoms with Gasteiger partial charge in [0.2, 0.25) is 10.0 Å². The van der Waals surface area contributed by atoms with Gasteiger partial charge in [-0.1, -0.05) is 22.6 Å². The van der Waals surface area contributed by atoms with Gasteiger partial charge in [0.15, 0.2) is 0 Å². The quantitative estimate of drug-likeness (QED) is 0.537. The highest BCUT2D eigenvalue weighted by atomic mass is 32.2. The average Bonchev–Trinajstić information content (AvgIpc) is 3.26. The molecule has 0 fully saturated rings. The molecule has 0 unspecified atom stereocenters. The number of esters is 1. The van der Waals surface area contributed by atoms with E-state index in [0.717, 1.165) is 11.3 Å². The van der Waals surface area contributed by atoms with Crippen molar-refractivity contribution in [1.82, 2.24) is 30.0 Å². The summed E-state index contributed by atoms with van der Waals surface area (Å²) in [5.74, 6) is -0.388. The van der Waals surface area contributed by atoms with Gasteiger partial charge in [0.1, 0.15) is 12.1 Å². The molecular formula is C18H23N7O4S. The van der Waals surface area contributed by atoms with Crippen LogP contribution < -0.4 is 5.14 Å². The molecule has 1 aromatic carbocycles. The average molecular weight is 433 g/mol. The third kappa shape index (κ3) is 5.70. The third-order valence-corrected chi connectivity index (χ3v) is 4.90. The van der Waals surface area contributed by atoms with E-state index in [1.807, 2.05) is 0 Å². The number of aryl methyl sites for hydroxylation is 2. The van der Waals surface area contributed by atoms with Gasteiger partial charge in [0, 0.05) is 24.7 Å². The summed E-state index contributed by atoms with van der Waals surface area (Å²) in [5.41, 5.74) is 1.60. The zero-order valence-corrected chi connectivity index (χ0v) is 17.7. The van der Waals surface area contributed by atoms with Gasteiger partial charge in [-0.2, -0.15) is 0 Å². The minimum atomic E-state index is -3.75. The summed E-state index contributed by atoms with van der Waals surface area (Å²) < 4.78 is 31.2. The lowest BCUT2D eigenvalue weighted by molar-refractivity contribution is -0.155. The van der Waals surface area contributed by atoms with Crippen LogP contribution in [-0.2, 0) is 39.1 Å². The normalized spacial score (nSPS) is 12.1. The summed E-state index contributed by atoms with van der Waals surface area (Å²) in [6.07, 6.45) is 3.78. The minimum absolute atomic E-state index is 0.0186. The number of benzene rings is 1. The van der Waals surface area contributed by atoms with Crippen LogP contribution in [0.5, 0.6) is 0 Å². The Morgan fingerprint density at radius 3 is 2.50 bits per heavy atom. The van der Waals surface area contributed by atoms with E-state index in [4.69, 9.17) is 9.88 Å². The molecule has 2 aromatic heterocycles. The number of sulfonamides is 1. The number of nitrogens with two attached hydrogens (primary N) is 1. The van der Waals surface area contributed by atoms with E-state index in [1.54, 1.807) is 50.0 Å². The Labute approximate surface area is 173 Å². The highest BCUT2D eigenvalue weighted by Crippen LogP contribution is 2.20. The zero-order valence-electron chi connectivity index (χ0n) is 16.9. The van der Waals surface area contributed by atoms with Crippen molar-refractivity contribution in [2.24, 2.45) is 5.14 Å². The summed E-state index contributed by atoms with van der Waals surface area (Å²) in [5, 5.41) is 21.1. The highest BCUT2D eigenvalue weighted by molar-refractivity contribution is 7.89. The Hall–Kier alpha value is -3.12. The molecule has 0 amide bonds. The van der Waals surface area contributed by atoms with Gasteiger partial charge in [-0.25, -0.2) is 22.9 Å². The lowest BCUT2D eigenvalue weighted by Gasteiger charge is -2.19. The highest BCUT2D eigenvalue weighted by Gasteiger charge is 2.17. The summed E-state index contributed by atoms with van der Waals surface area (Å²) in [4.78, 5) is 11.9. The van der Waals surface area contributed by atoms with E-state index in [0.29, 0.717) is 18.7 Å². The van der Waals surface area contributed by atoms with E-state index in [-0.39, 0.29) is 17.4 Å². The van der Waals surface area contributed by atoms with Crippen molar-refractivity contribution in [3.05, 3.63) is 42.4 Å². The molecule has 0 atom stereocenters. The summed E-state index contributed by atoms with van der Waals surface area (Å²) in [6, 6.07) is 6.16. The van der Waals surface area contributed by atoms with E-state index in [9.17, 15) is 13.2 Å². The number of aromatic nitrogens is 6. The van der Waals surface area contributed by atoms with Crippen LogP contribution in [0.15, 0.2) is 41.6 Å². The molecule has 11 nitrogen and oxygen atoms in total. The van der Waals surface area contributed by atoms with Crippen LogP contribution in [0.25, 0.3) is 11.3 Å². The van der Waals surface area contributed by atoms with Crippen molar-refractivity contribution in [3.8, 4) is 11.3 Å². The number of ether oxygens (including phenoxy) is 1. The number of nitrogens with zero attached hydrogens (tertiary/aromatic N) is 6. The van der Waals surface area contributed by atoms with Crippen LogP contribution in [0.2, 0.25) is 0 Å². The molecule has 3 aromatic rings. The van der Waals surface area contributed by atoms with Crippen molar-refractivity contribution in [3.63, 3.8) is 0 Å². The first-order valence-corrected chi connectivity index (χ1v) is 10.7. The predicted octanol–water partition coefficient (Wildman–Crippen LogP) is 0.768. The van der Waals surface area contributed by atoms with Crippen LogP contribution in [-0.4, -0.2) is 50.0 Å². The summed E-state index contributed by atoms with van der Waals surface area (Å²) in [7, 11) is -3.75. The molecule has 0 aliphatic heterocycles. The number of hydrogen-bond donors (Lipinski definition) is 1. The fourth-order valence-corrected chi connectivity index (χ4v) is 3.23. The summed E-state index contributed by atoms with van der Waals surface area (Å²) in [6.45, 7) is 5.86. The van der Waals surface area contributed by atoms with Gasteiger partial charge in [-0.3, -0.25) is 4.79 Å². The minimum Gasteiger partial charge on any atom is -0.459 e. The number of carbonyl (C=O) groups is 1. The Kier molecular flexibility index (Phi) is 5.99. The molecule has 12 heteroatoms.